The van der Waals surface area contributed by atoms with Crippen molar-refractivity contribution in [1.82, 2.24) is 0 Å². The highest BCUT2D eigenvalue weighted by Crippen LogP contribution is 2.38. The van der Waals surface area contributed by atoms with Crippen LogP contribution in [-0.2, 0) is 4.79 Å². The van der Waals surface area contributed by atoms with Gasteiger partial charge in [0.25, 0.3) is 11.7 Å². The number of fused-ring (bicyclic) bond motifs is 1. The van der Waals surface area contributed by atoms with E-state index in [-0.39, 0.29) is 11.7 Å². The average molecular weight is 378 g/mol. The zero-order chi connectivity index (χ0) is 19.8. The van der Waals surface area contributed by atoms with E-state index >= 15 is 0 Å². The molecule has 0 atom stereocenters. The quantitative estimate of drug-likeness (QED) is 0.335. The van der Waals surface area contributed by atoms with Crippen LogP contribution in [0.4, 0.5) is 5.69 Å². The topological polar surface area (TPSA) is 37.4 Å². The fourth-order valence-corrected chi connectivity index (χ4v) is 4.00. The van der Waals surface area contributed by atoms with Gasteiger partial charge in [0.2, 0.25) is 0 Å². The molecular formula is C25H31NO2. The SMILES string of the molecule is CCCCCCCCCCCN1C(=O)C(=O)c2cccc(-c3ccccc3)c21. The number of para-hydroxylation sites is 1. The fraction of sp³-hybridized carbons (Fsp3) is 0.440. The summed E-state index contributed by atoms with van der Waals surface area (Å²) in [7, 11) is 0. The Morgan fingerprint density at radius 3 is 1.96 bits per heavy atom. The predicted molar refractivity (Wildman–Crippen MR) is 116 cm³/mol. The highest BCUT2D eigenvalue weighted by molar-refractivity contribution is 6.53. The lowest BCUT2D eigenvalue weighted by molar-refractivity contribution is -0.114. The van der Waals surface area contributed by atoms with Crippen LogP contribution < -0.4 is 4.90 Å². The maximum atomic E-state index is 12.6. The number of carbonyl (C=O) groups excluding carboxylic acids is 2. The van der Waals surface area contributed by atoms with Gasteiger partial charge >= 0.3 is 0 Å². The van der Waals surface area contributed by atoms with E-state index in [1.807, 2.05) is 42.5 Å². The Balaban J connectivity index is 1.60. The number of ketones is 1. The maximum absolute atomic E-state index is 12.6. The zero-order valence-corrected chi connectivity index (χ0v) is 17.0. The summed E-state index contributed by atoms with van der Waals surface area (Å²) >= 11 is 0. The number of amides is 1. The van der Waals surface area contributed by atoms with Crippen LogP contribution in [0.1, 0.15) is 75.1 Å². The molecule has 28 heavy (non-hydrogen) atoms. The molecular weight excluding hydrogens is 346 g/mol. The first kappa shape index (κ1) is 20.3. The van der Waals surface area contributed by atoms with Crippen molar-refractivity contribution in [3.63, 3.8) is 0 Å². The number of Topliss-reactive ketones (excluding diaryl/α,β-unsaturated/α-hetero) is 1. The summed E-state index contributed by atoms with van der Waals surface area (Å²) in [6.45, 7) is 2.86. The first-order valence-corrected chi connectivity index (χ1v) is 10.8. The molecule has 1 aliphatic heterocycles. The molecule has 1 aliphatic rings. The number of nitrogens with zero attached hydrogens (tertiary/aromatic N) is 1. The van der Waals surface area contributed by atoms with Crippen LogP contribution in [-0.4, -0.2) is 18.2 Å². The van der Waals surface area contributed by atoms with Gasteiger partial charge in [-0.05, 0) is 18.1 Å². The summed E-state index contributed by atoms with van der Waals surface area (Å²) in [4.78, 5) is 26.8. The summed E-state index contributed by atoms with van der Waals surface area (Å²) in [5.74, 6) is -0.748. The Kier molecular flexibility index (Phi) is 7.41. The van der Waals surface area contributed by atoms with E-state index in [9.17, 15) is 9.59 Å². The Labute approximate surface area is 168 Å². The lowest BCUT2D eigenvalue weighted by atomic mass is 10.00. The van der Waals surface area contributed by atoms with Crippen LogP contribution in [0.25, 0.3) is 11.1 Å². The van der Waals surface area contributed by atoms with Gasteiger partial charge in [0, 0.05) is 12.1 Å². The molecule has 0 bridgehead atoms. The molecule has 0 aliphatic carbocycles. The molecule has 0 fully saturated rings. The number of hydrogen-bond acceptors (Lipinski definition) is 2. The lowest BCUT2D eigenvalue weighted by Crippen LogP contribution is -2.30. The third-order valence-corrected chi connectivity index (χ3v) is 5.56. The molecule has 0 saturated carbocycles. The van der Waals surface area contributed by atoms with Gasteiger partial charge in [0.15, 0.2) is 0 Å². The molecule has 2 aromatic carbocycles. The average Bonchev–Trinajstić information content (AvgIpc) is 2.98. The van der Waals surface area contributed by atoms with E-state index in [0.717, 1.165) is 29.7 Å². The molecule has 1 amide bonds. The first-order valence-electron chi connectivity index (χ1n) is 10.8. The van der Waals surface area contributed by atoms with Crippen LogP contribution in [0.5, 0.6) is 0 Å². The van der Waals surface area contributed by atoms with Crippen molar-refractivity contribution in [2.24, 2.45) is 0 Å². The van der Waals surface area contributed by atoms with E-state index < -0.39 is 0 Å². The van der Waals surface area contributed by atoms with Gasteiger partial charge in [-0.1, -0.05) is 101 Å². The number of unbranched alkanes of at least 4 members (excludes halogenated alkanes) is 8. The number of carbonyl (C=O) groups is 2. The fourth-order valence-electron chi connectivity index (χ4n) is 4.00. The number of anilines is 1. The van der Waals surface area contributed by atoms with Gasteiger partial charge in [0.1, 0.15) is 0 Å². The van der Waals surface area contributed by atoms with Gasteiger partial charge < -0.3 is 4.90 Å². The maximum Gasteiger partial charge on any atom is 0.299 e. The molecule has 148 valence electrons. The molecule has 0 spiro atoms. The summed E-state index contributed by atoms with van der Waals surface area (Å²) in [6.07, 6.45) is 11.1. The van der Waals surface area contributed by atoms with E-state index in [1.165, 1.54) is 44.9 Å². The molecule has 0 radical (unpaired) electrons. The van der Waals surface area contributed by atoms with Gasteiger partial charge in [-0.25, -0.2) is 0 Å². The molecule has 1 heterocycles. The van der Waals surface area contributed by atoms with Gasteiger partial charge in [-0.2, -0.15) is 0 Å². The third-order valence-electron chi connectivity index (χ3n) is 5.56. The number of rotatable bonds is 11. The van der Waals surface area contributed by atoms with Crippen molar-refractivity contribution in [1.29, 1.82) is 0 Å². The van der Waals surface area contributed by atoms with E-state index in [1.54, 1.807) is 11.0 Å². The third kappa shape index (κ3) is 4.70. The number of hydrogen-bond donors (Lipinski definition) is 0. The lowest BCUT2D eigenvalue weighted by Gasteiger charge is -2.20. The van der Waals surface area contributed by atoms with Crippen LogP contribution in [0.3, 0.4) is 0 Å². The zero-order valence-electron chi connectivity index (χ0n) is 17.0. The minimum absolute atomic E-state index is 0.372. The van der Waals surface area contributed by atoms with Crippen molar-refractivity contribution in [2.75, 3.05) is 11.4 Å². The molecule has 3 rings (SSSR count). The molecule has 0 unspecified atom stereocenters. The molecule has 0 saturated heterocycles. The van der Waals surface area contributed by atoms with Gasteiger partial charge in [-0.3, -0.25) is 9.59 Å². The minimum atomic E-state index is -0.377. The second-order valence-electron chi connectivity index (χ2n) is 7.68. The second-order valence-corrected chi connectivity index (χ2v) is 7.68. The van der Waals surface area contributed by atoms with Crippen LogP contribution in [0.15, 0.2) is 48.5 Å². The normalized spacial score (nSPS) is 13.2. The largest absolute Gasteiger partial charge is 0.304 e. The summed E-state index contributed by atoms with van der Waals surface area (Å²) in [5, 5.41) is 0. The molecule has 2 aromatic rings. The first-order chi connectivity index (χ1) is 13.7. The standard InChI is InChI=1S/C25H31NO2/c1-2-3-4-5-6-7-8-9-13-19-26-23-21(20-15-11-10-12-16-20)17-14-18-22(23)24(27)25(26)28/h10-12,14-18H,2-9,13,19H2,1H3. The molecule has 0 aromatic heterocycles. The molecule has 3 nitrogen and oxygen atoms in total. The van der Waals surface area contributed by atoms with Crippen LogP contribution >= 0.6 is 0 Å². The van der Waals surface area contributed by atoms with E-state index in [0.29, 0.717) is 12.1 Å². The van der Waals surface area contributed by atoms with Crippen molar-refractivity contribution < 1.29 is 9.59 Å². The van der Waals surface area contributed by atoms with Crippen LogP contribution in [0.2, 0.25) is 0 Å². The van der Waals surface area contributed by atoms with Gasteiger partial charge in [0.05, 0.1) is 11.3 Å². The second kappa shape index (κ2) is 10.2. The van der Waals surface area contributed by atoms with Crippen LogP contribution in [0, 0.1) is 0 Å². The van der Waals surface area contributed by atoms with Crippen molar-refractivity contribution in [2.45, 2.75) is 64.7 Å². The predicted octanol–water partition coefficient (Wildman–Crippen LogP) is 6.41. The van der Waals surface area contributed by atoms with E-state index in [4.69, 9.17) is 0 Å². The Morgan fingerprint density at radius 1 is 0.679 bits per heavy atom. The Hall–Kier alpha value is -2.42. The summed E-state index contributed by atoms with van der Waals surface area (Å²) in [5.41, 5.74) is 3.35. The smallest absolute Gasteiger partial charge is 0.299 e. The van der Waals surface area contributed by atoms with Crippen molar-refractivity contribution in [3.8, 4) is 11.1 Å². The van der Waals surface area contributed by atoms with Crippen molar-refractivity contribution in [3.05, 3.63) is 54.1 Å². The minimum Gasteiger partial charge on any atom is -0.304 e. The summed E-state index contributed by atoms with van der Waals surface area (Å²) < 4.78 is 0. The Morgan fingerprint density at radius 2 is 1.29 bits per heavy atom. The Bertz CT molecular complexity index is 797. The van der Waals surface area contributed by atoms with Gasteiger partial charge in [-0.15, -0.1) is 0 Å². The number of benzene rings is 2. The summed E-state index contributed by atoms with van der Waals surface area (Å²) in [6, 6.07) is 15.6. The monoisotopic (exact) mass is 377 g/mol. The molecule has 0 N–H and O–H groups in total. The highest BCUT2D eigenvalue weighted by Gasteiger charge is 2.37. The van der Waals surface area contributed by atoms with Crippen molar-refractivity contribution >= 4 is 17.4 Å². The molecule has 3 heteroatoms. The highest BCUT2D eigenvalue weighted by atomic mass is 16.2. The van der Waals surface area contributed by atoms with E-state index in [2.05, 4.69) is 6.92 Å².